The lowest BCUT2D eigenvalue weighted by atomic mass is 10.1. The maximum absolute atomic E-state index is 13.1. The molecule has 1 aliphatic rings. The number of benzene rings is 3. The second-order valence-electron chi connectivity index (χ2n) is 8.28. The Hall–Kier alpha value is -4.79. The van der Waals surface area contributed by atoms with Crippen LogP contribution in [0.25, 0.3) is 5.69 Å². The van der Waals surface area contributed by atoms with Crippen LogP contribution in [-0.4, -0.2) is 34.4 Å². The van der Waals surface area contributed by atoms with Gasteiger partial charge in [-0.25, -0.2) is 4.68 Å². The highest BCUT2D eigenvalue weighted by Crippen LogP contribution is 2.31. The van der Waals surface area contributed by atoms with E-state index in [1.807, 2.05) is 30.3 Å². The number of carbonyl (C=O) groups excluding carboxylic acids is 2. The van der Waals surface area contributed by atoms with Gasteiger partial charge in [-0.05, 0) is 55.5 Å². The maximum atomic E-state index is 13.1. The number of nitrogens with zero attached hydrogens (tertiary/aromatic N) is 2. The van der Waals surface area contributed by atoms with Gasteiger partial charge in [0.1, 0.15) is 18.9 Å². The number of ether oxygens (including phenoxy) is 2. The van der Waals surface area contributed by atoms with Crippen LogP contribution in [0.2, 0.25) is 0 Å². The summed E-state index contributed by atoms with van der Waals surface area (Å²) in [7, 11) is 1.76. The summed E-state index contributed by atoms with van der Waals surface area (Å²) in [6.07, 6.45) is 0. The van der Waals surface area contributed by atoms with Crippen LogP contribution in [0.1, 0.15) is 26.4 Å². The average molecular weight is 485 g/mol. The molecule has 0 radical (unpaired) electrons. The summed E-state index contributed by atoms with van der Waals surface area (Å²) >= 11 is 0. The van der Waals surface area contributed by atoms with E-state index < -0.39 is 5.91 Å². The van der Waals surface area contributed by atoms with E-state index >= 15 is 0 Å². The predicted molar refractivity (Wildman–Crippen MR) is 136 cm³/mol. The van der Waals surface area contributed by atoms with Gasteiger partial charge in [-0.1, -0.05) is 24.3 Å². The van der Waals surface area contributed by atoms with Crippen molar-refractivity contribution in [3.05, 3.63) is 100.0 Å². The third kappa shape index (κ3) is 4.34. The lowest BCUT2D eigenvalue weighted by Crippen LogP contribution is -2.23. The van der Waals surface area contributed by atoms with Gasteiger partial charge in [-0.3, -0.25) is 19.1 Å². The zero-order chi connectivity index (χ0) is 25.2. The molecule has 0 unspecified atom stereocenters. The molecule has 182 valence electrons. The normalized spacial score (nSPS) is 12.2. The third-order valence-corrected chi connectivity index (χ3v) is 5.98. The molecule has 9 heteroatoms. The van der Waals surface area contributed by atoms with E-state index in [0.717, 1.165) is 0 Å². The lowest BCUT2D eigenvalue weighted by molar-refractivity contribution is 0.101. The van der Waals surface area contributed by atoms with Gasteiger partial charge < -0.3 is 20.1 Å². The Labute approximate surface area is 206 Å². The number of rotatable bonds is 5. The van der Waals surface area contributed by atoms with Crippen LogP contribution in [0, 0.1) is 6.92 Å². The molecule has 0 atom stereocenters. The average Bonchev–Trinajstić information content (AvgIpc) is 3.11. The van der Waals surface area contributed by atoms with Crippen molar-refractivity contribution in [1.29, 1.82) is 0 Å². The number of anilines is 2. The first-order valence-electron chi connectivity index (χ1n) is 11.4. The van der Waals surface area contributed by atoms with Gasteiger partial charge >= 0.3 is 0 Å². The van der Waals surface area contributed by atoms with Crippen molar-refractivity contribution in [3.63, 3.8) is 0 Å². The maximum Gasteiger partial charge on any atom is 0.295 e. The smallest absolute Gasteiger partial charge is 0.295 e. The third-order valence-electron chi connectivity index (χ3n) is 5.98. The quantitative estimate of drug-likeness (QED) is 0.449. The fraction of sp³-hybridized carbons (Fsp3) is 0.148. The molecular formula is C27H24N4O5. The SMILES string of the molecule is Cc1c(NC(=O)c2cccc(NC(=O)c3ccc4c(c3)OCCO4)c2)c(=O)n(-c2ccccc2)n1C. The van der Waals surface area contributed by atoms with Gasteiger partial charge in [0.05, 0.1) is 11.4 Å². The molecule has 0 spiro atoms. The van der Waals surface area contributed by atoms with Gasteiger partial charge in [0.15, 0.2) is 11.5 Å². The Bertz CT molecular complexity index is 1520. The van der Waals surface area contributed by atoms with Crippen LogP contribution in [0.5, 0.6) is 11.5 Å². The Morgan fingerprint density at radius 3 is 2.28 bits per heavy atom. The molecule has 3 aromatic carbocycles. The topological polar surface area (TPSA) is 104 Å². The highest BCUT2D eigenvalue weighted by molar-refractivity contribution is 6.07. The number of para-hydroxylation sites is 1. The van der Waals surface area contributed by atoms with Gasteiger partial charge in [0.2, 0.25) is 0 Å². The molecule has 9 nitrogen and oxygen atoms in total. The van der Waals surface area contributed by atoms with Crippen molar-refractivity contribution in [3.8, 4) is 17.2 Å². The number of amides is 2. The molecule has 2 amide bonds. The monoisotopic (exact) mass is 484 g/mol. The highest BCUT2D eigenvalue weighted by Gasteiger charge is 2.20. The second-order valence-corrected chi connectivity index (χ2v) is 8.28. The molecular weight excluding hydrogens is 460 g/mol. The van der Waals surface area contributed by atoms with Gasteiger partial charge in [-0.2, -0.15) is 0 Å². The molecule has 0 aliphatic carbocycles. The van der Waals surface area contributed by atoms with Gasteiger partial charge in [0, 0.05) is 23.9 Å². The molecule has 0 fully saturated rings. The summed E-state index contributed by atoms with van der Waals surface area (Å²) in [6, 6.07) is 20.7. The fourth-order valence-corrected chi connectivity index (χ4v) is 4.02. The highest BCUT2D eigenvalue weighted by atomic mass is 16.6. The number of fused-ring (bicyclic) bond motifs is 1. The minimum atomic E-state index is -0.462. The van der Waals surface area contributed by atoms with Gasteiger partial charge in [0.25, 0.3) is 17.4 Å². The number of hydrogen-bond acceptors (Lipinski definition) is 5. The van der Waals surface area contributed by atoms with E-state index in [-0.39, 0.29) is 17.2 Å². The summed E-state index contributed by atoms with van der Waals surface area (Å²) in [5, 5.41) is 5.53. The van der Waals surface area contributed by atoms with Crippen molar-refractivity contribution >= 4 is 23.2 Å². The molecule has 0 bridgehead atoms. The van der Waals surface area contributed by atoms with Crippen molar-refractivity contribution in [2.75, 3.05) is 23.8 Å². The van der Waals surface area contributed by atoms with Gasteiger partial charge in [-0.15, -0.1) is 0 Å². The molecule has 0 saturated carbocycles. The van der Waals surface area contributed by atoms with Crippen molar-refractivity contribution in [2.24, 2.45) is 7.05 Å². The Morgan fingerprint density at radius 1 is 0.806 bits per heavy atom. The van der Waals surface area contributed by atoms with Crippen molar-refractivity contribution in [2.45, 2.75) is 6.92 Å². The zero-order valence-electron chi connectivity index (χ0n) is 19.8. The number of hydrogen-bond donors (Lipinski definition) is 2. The van der Waals surface area contributed by atoms with Crippen LogP contribution in [0.4, 0.5) is 11.4 Å². The van der Waals surface area contributed by atoms with E-state index in [1.54, 1.807) is 61.1 Å². The first kappa shape index (κ1) is 23.0. The minimum Gasteiger partial charge on any atom is -0.486 e. The van der Waals surface area contributed by atoms with Crippen LogP contribution in [-0.2, 0) is 7.05 Å². The van der Waals surface area contributed by atoms with E-state index in [9.17, 15) is 14.4 Å². The largest absolute Gasteiger partial charge is 0.486 e. The summed E-state index contributed by atoms with van der Waals surface area (Å²) in [5.41, 5.74) is 2.29. The van der Waals surface area contributed by atoms with E-state index in [1.165, 1.54) is 4.68 Å². The molecule has 0 saturated heterocycles. The Morgan fingerprint density at radius 2 is 1.50 bits per heavy atom. The number of aromatic nitrogens is 2. The Balaban J connectivity index is 1.35. The molecule has 1 aromatic heterocycles. The summed E-state index contributed by atoms with van der Waals surface area (Å²) in [5.74, 6) is 0.297. The lowest BCUT2D eigenvalue weighted by Gasteiger charge is -2.18. The zero-order valence-corrected chi connectivity index (χ0v) is 19.8. The molecule has 5 rings (SSSR count). The Kier molecular flexibility index (Phi) is 6.03. The van der Waals surface area contributed by atoms with E-state index in [2.05, 4.69) is 10.6 Å². The summed E-state index contributed by atoms with van der Waals surface area (Å²) in [4.78, 5) is 38.9. The standard InChI is InChI=1S/C27H24N4O5/c1-17-24(27(34)31(30(17)2)21-9-4-3-5-10-21)29-26(33)18-7-6-8-20(15-18)28-25(32)19-11-12-22-23(16-19)36-14-13-35-22/h3-12,15-16H,13-14H2,1-2H3,(H,28,32)(H,29,33). The first-order valence-corrected chi connectivity index (χ1v) is 11.4. The number of carbonyl (C=O) groups is 2. The van der Waals surface area contributed by atoms with Crippen molar-refractivity contribution < 1.29 is 19.1 Å². The molecule has 2 N–H and O–H groups in total. The first-order chi connectivity index (χ1) is 17.4. The van der Waals surface area contributed by atoms with E-state index in [0.29, 0.717) is 52.9 Å². The van der Waals surface area contributed by atoms with E-state index in [4.69, 9.17) is 9.47 Å². The molecule has 36 heavy (non-hydrogen) atoms. The predicted octanol–water partition coefficient (Wildman–Crippen LogP) is 3.76. The van der Waals surface area contributed by atoms with Crippen LogP contribution >= 0.6 is 0 Å². The molecule has 1 aliphatic heterocycles. The summed E-state index contributed by atoms with van der Waals surface area (Å²) in [6.45, 7) is 2.66. The van der Waals surface area contributed by atoms with Crippen LogP contribution < -0.4 is 25.7 Å². The molecule has 2 heterocycles. The minimum absolute atomic E-state index is 0.192. The van der Waals surface area contributed by atoms with Crippen LogP contribution in [0.15, 0.2) is 77.6 Å². The number of nitrogens with one attached hydrogen (secondary N) is 2. The molecule has 4 aromatic rings. The fourth-order valence-electron chi connectivity index (χ4n) is 4.02. The van der Waals surface area contributed by atoms with Crippen LogP contribution in [0.3, 0.4) is 0 Å². The summed E-state index contributed by atoms with van der Waals surface area (Å²) < 4.78 is 14.2. The second kappa shape index (κ2) is 9.46. The van der Waals surface area contributed by atoms with Crippen molar-refractivity contribution in [1.82, 2.24) is 9.36 Å².